The molecule has 1 aromatic heterocycles. The Hall–Kier alpha value is -1.73. The fourth-order valence-electron chi connectivity index (χ4n) is 2.27. The van der Waals surface area contributed by atoms with E-state index in [9.17, 15) is 0 Å². The molecule has 1 saturated heterocycles. The molecule has 0 spiro atoms. The van der Waals surface area contributed by atoms with E-state index in [4.69, 9.17) is 21.0 Å². The van der Waals surface area contributed by atoms with Crippen LogP contribution in [0.2, 0.25) is 0 Å². The van der Waals surface area contributed by atoms with Crippen LogP contribution in [0.25, 0.3) is 0 Å². The summed E-state index contributed by atoms with van der Waals surface area (Å²) in [6.07, 6.45) is 1.95. The van der Waals surface area contributed by atoms with Crippen LogP contribution in [0.4, 0.5) is 5.95 Å². The first-order valence-corrected chi connectivity index (χ1v) is 6.77. The van der Waals surface area contributed by atoms with Gasteiger partial charge in [0.1, 0.15) is 11.5 Å². The van der Waals surface area contributed by atoms with Crippen LogP contribution in [0.15, 0.2) is 6.07 Å². The van der Waals surface area contributed by atoms with Gasteiger partial charge in [0, 0.05) is 18.8 Å². The highest BCUT2D eigenvalue weighted by Gasteiger charge is 2.22. The highest BCUT2D eigenvalue weighted by molar-refractivity contribution is 5.93. The number of nitrogens with zero attached hydrogens (tertiary/aromatic N) is 3. The summed E-state index contributed by atoms with van der Waals surface area (Å²) in [5.74, 6) is 0.578. The number of piperidine rings is 1. The summed E-state index contributed by atoms with van der Waals surface area (Å²) in [7, 11) is 0. The lowest BCUT2D eigenvalue weighted by Crippen LogP contribution is -2.38. The van der Waals surface area contributed by atoms with Gasteiger partial charge in [-0.2, -0.15) is 0 Å². The molecule has 1 fully saturated rings. The number of nitrogens with two attached hydrogens (primary N) is 1. The van der Waals surface area contributed by atoms with E-state index in [1.54, 1.807) is 6.07 Å². The van der Waals surface area contributed by atoms with Crippen molar-refractivity contribution in [2.24, 2.45) is 5.73 Å². The fraction of sp³-hybridized carbons (Fsp3) is 0.615. The molecule has 1 aromatic rings. The van der Waals surface area contributed by atoms with Crippen molar-refractivity contribution in [1.29, 1.82) is 5.41 Å². The quantitative estimate of drug-likeness (QED) is 0.519. The number of aliphatic hydroxyl groups excluding tert-OH is 1. The summed E-state index contributed by atoms with van der Waals surface area (Å²) in [5.41, 5.74) is 6.76. The van der Waals surface area contributed by atoms with E-state index in [1.807, 2.05) is 6.92 Å². The Labute approximate surface area is 118 Å². The SMILES string of the molecule is Cc1cc(C(=N)N)nc(N2CCC(OCCO)CC2)n1. The Morgan fingerprint density at radius 2 is 2.20 bits per heavy atom. The topological polar surface area (TPSA) is 108 Å². The van der Waals surface area contributed by atoms with E-state index in [-0.39, 0.29) is 18.5 Å². The van der Waals surface area contributed by atoms with E-state index in [1.165, 1.54) is 0 Å². The van der Waals surface area contributed by atoms with Crippen LogP contribution in [-0.4, -0.2) is 53.3 Å². The lowest BCUT2D eigenvalue weighted by Gasteiger charge is -2.32. The highest BCUT2D eigenvalue weighted by Crippen LogP contribution is 2.18. The number of hydrogen-bond donors (Lipinski definition) is 3. The average Bonchev–Trinajstić information content (AvgIpc) is 2.45. The van der Waals surface area contributed by atoms with Gasteiger partial charge in [0.05, 0.1) is 19.3 Å². The molecule has 0 amide bonds. The van der Waals surface area contributed by atoms with E-state index in [2.05, 4.69) is 14.9 Å². The van der Waals surface area contributed by atoms with Crippen molar-refractivity contribution in [3.8, 4) is 0 Å². The highest BCUT2D eigenvalue weighted by atomic mass is 16.5. The number of aromatic nitrogens is 2. The van der Waals surface area contributed by atoms with Crippen molar-refractivity contribution in [1.82, 2.24) is 9.97 Å². The summed E-state index contributed by atoms with van der Waals surface area (Å²) in [4.78, 5) is 10.8. The van der Waals surface area contributed by atoms with Gasteiger partial charge >= 0.3 is 0 Å². The summed E-state index contributed by atoms with van der Waals surface area (Å²) in [5, 5.41) is 16.2. The number of nitrogen functional groups attached to an aromatic ring is 1. The Balaban J connectivity index is 2.01. The van der Waals surface area contributed by atoms with Crippen molar-refractivity contribution in [3.05, 3.63) is 17.5 Å². The third-order valence-corrected chi connectivity index (χ3v) is 3.29. The van der Waals surface area contributed by atoms with Gasteiger partial charge in [-0.05, 0) is 25.8 Å². The zero-order valence-corrected chi connectivity index (χ0v) is 11.7. The number of amidine groups is 1. The molecule has 7 nitrogen and oxygen atoms in total. The minimum atomic E-state index is -0.0436. The van der Waals surface area contributed by atoms with Crippen molar-refractivity contribution >= 4 is 11.8 Å². The Kier molecular flexibility index (Phi) is 4.86. The molecule has 0 unspecified atom stereocenters. The molecule has 20 heavy (non-hydrogen) atoms. The van der Waals surface area contributed by atoms with Gasteiger partial charge in [-0.25, -0.2) is 9.97 Å². The molecule has 0 aliphatic carbocycles. The number of aliphatic hydroxyl groups is 1. The zero-order valence-electron chi connectivity index (χ0n) is 11.7. The number of aryl methyl sites for hydroxylation is 1. The first-order valence-electron chi connectivity index (χ1n) is 6.77. The second-order valence-corrected chi connectivity index (χ2v) is 4.89. The monoisotopic (exact) mass is 279 g/mol. The number of anilines is 1. The largest absolute Gasteiger partial charge is 0.394 e. The fourth-order valence-corrected chi connectivity index (χ4v) is 2.27. The van der Waals surface area contributed by atoms with Crippen LogP contribution in [0.5, 0.6) is 0 Å². The number of rotatable bonds is 5. The summed E-state index contributed by atoms with van der Waals surface area (Å²) in [6, 6.07) is 1.71. The van der Waals surface area contributed by atoms with Crippen molar-refractivity contribution in [2.75, 3.05) is 31.2 Å². The molecule has 7 heteroatoms. The first kappa shape index (κ1) is 14.7. The molecule has 0 aromatic carbocycles. The summed E-state index contributed by atoms with van der Waals surface area (Å²) >= 11 is 0. The van der Waals surface area contributed by atoms with Crippen LogP contribution in [0.1, 0.15) is 24.2 Å². The van der Waals surface area contributed by atoms with E-state index in [0.717, 1.165) is 31.6 Å². The Bertz CT molecular complexity index is 472. The number of ether oxygens (including phenoxy) is 1. The van der Waals surface area contributed by atoms with Crippen LogP contribution < -0.4 is 10.6 Å². The zero-order chi connectivity index (χ0) is 14.5. The molecular formula is C13H21N5O2. The average molecular weight is 279 g/mol. The minimum Gasteiger partial charge on any atom is -0.394 e. The van der Waals surface area contributed by atoms with Crippen LogP contribution in [0, 0.1) is 12.3 Å². The standard InChI is InChI=1S/C13H21N5O2/c1-9-8-11(12(14)15)17-13(16-9)18-4-2-10(3-5-18)20-7-6-19/h8,10,19H,2-7H2,1H3,(H3,14,15). The summed E-state index contributed by atoms with van der Waals surface area (Å²) in [6.45, 7) is 3.92. The molecule has 1 aliphatic heterocycles. The van der Waals surface area contributed by atoms with Crippen LogP contribution >= 0.6 is 0 Å². The molecule has 2 rings (SSSR count). The maximum absolute atomic E-state index is 8.75. The van der Waals surface area contributed by atoms with E-state index in [0.29, 0.717) is 18.2 Å². The first-order chi connectivity index (χ1) is 9.60. The van der Waals surface area contributed by atoms with Gasteiger partial charge in [-0.1, -0.05) is 0 Å². The van der Waals surface area contributed by atoms with E-state index >= 15 is 0 Å². The predicted molar refractivity (Wildman–Crippen MR) is 76.1 cm³/mol. The van der Waals surface area contributed by atoms with Gasteiger partial charge in [0.15, 0.2) is 0 Å². The molecule has 0 saturated carbocycles. The normalized spacial score (nSPS) is 16.4. The van der Waals surface area contributed by atoms with Gasteiger partial charge in [0.2, 0.25) is 5.95 Å². The van der Waals surface area contributed by atoms with Gasteiger partial charge in [-0.3, -0.25) is 5.41 Å². The van der Waals surface area contributed by atoms with Crippen molar-refractivity contribution < 1.29 is 9.84 Å². The molecule has 4 N–H and O–H groups in total. The number of nitrogens with one attached hydrogen (secondary N) is 1. The molecule has 0 atom stereocenters. The molecule has 1 aliphatic rings. The smallest absolute Gasteiger partial charge is 0.226 e. The lowest BCUT2D eigenvalue weighted by molar-refractivity contribution is 0.0157. The second kappa shape index (κ2) is 6.62. The minimum absolute atomic E-state index is 0.0436. The number of hydrogen-bond acceptors (Lipinski definition) is 6. The van der Waals surface area contributed by atoms with Crippen molar-refractivity contribution in [3.63, 3.8) is 0 Å². The second-order valence-electron chi connectivity index (χ2n) is 4.89. The Morgan fingerprint density at radius 1 is 1.50 bits per heavy atom. The van der Waals surface area contributed by atoms with E-state index < -0.39 is 0 Å². The molecular weight excluding hydrogens is 258 g/mol. The third kappa shape index (κ3) is 3.64. The van der Waals surface area contributed by atoms with Gasteiger partial charge in [-0.15, -0.1) is 0 Å². The molecule has 0 bridgehead atoms. The van der Waals surface area contributed by atoms with Crippen LogP contribution in [-0.2, 0) is 4.74 Å². The predicted octanol–water partition coefficient (Wildman–Crippen LogP) is 0.0468. The molecule has 110 valence electrons. The third-order valence-electron chi connectivity index (χ3n) is 3.29. The van der Waals surface area contributed by atoms with Gasteiger partial charge in [0.25, 0.3) is 0 Å². The van der Waals surface area contributed by atoms with Gasteiger partial charge < -0.3 is 20.5 Å². The maximum atomic E-state index is 8.75. The maximum Gasteiger partial charge on any atom is 0.226 e. The Morgan fingerprint density at radius 3 is 2.80 bits per heavy atom. The lowest BCUT2D eigenvalue weighted by atomic mass is 10.1. The molecule has 2 heterocycles. The van der Waals surface area contributed by atoms with Crippen LogP contribution in [0.3, 0.4) is 0 Å². The molecule has 0 radical (unpaired) electrons. The van der Waals surface area contributed by atoms with Crippen molar-refractivity contribution in [2.45, 2.75) is 25.9 Å². The summed E-state index contributed by atoms with van der Waals surface area (Å²) < 4.78 is 5.53.